The van der Waals surface area contributed by atoms with E-state index in [1.165, 1.54) is 55.6 Å². The van der Waals surface area contributed by atoms with Gasteiger partial charge in [-0.15, -0.1) is 0 Å². The summed E-state index contributed by atoms with van der Waals surface area (Å²) in [6.45, 7) is -0.0533. The minimum Gasteiger partial charge on any atom is -0.497 e. The number of amides is 2. The number of ether oxygens (including phenoxy) is 1. The summed E-state index contributed by atoms with van der Waals surface area (Å²) in [6.07, 6.45) is 0. The largest absolute Gasteiger partial charge is 0.497 e. The zero-order valence-electron chi connectivity index (χ0n) is 19.2. The van der Waals surface area contributed by atoms with E-state index in [0.29, 0.717) is 17.1 Å². The molecule has 12 nitrogen and oxygen atoms in total. The second kappa shape index (κ2) is 12.0. The number of benzene rings is 3. The molecule has 2 amide bonds. The molecule has 0 bridgehead atoms. The first-order chi connectivity index (χ1) is 17.2. The van der Waals surface area contributed by atoms with Crippen LogP contribution in [-0.4, -0.2) is 46.8 Å². The van der Waals surface area contributed by atoms with E-state index in [-0.39, 0.29) is 31.0 Å². The van der Waals surface area contributed by atoms with E-state index >= 15 is 0 Å². The van der Waals surface area contributed by atoms with Crippen molar-refractivity contribution in [1.82, 2.24) is 4.90 Å². The summed E-state index contributed by atoms with van der Waals surface area (Å²) in [5.74, 6) is -0.220. The Balaban J connectivity index is 1.69. The standard InChI is InChI=1S/C24H23N5O7/c1-36-22-4-2-3-17(13-22)14-27(15-23(30)25-18-5-9-20(10-6-18)28(32)33)16-24(31)26-19-7-11-21(12-8-19)29(34)35/h2-13H,14-16H2,1H3,(H,25,30)(H,26,31). The van der Waals surface area contributed by atoms with E-state index in [4.69, 9.17) is 4.74 Å². The summed E-state index contributed by atoms with van der Waals surface area (Å²) < 4.78 is 5.24. The molecule has 0 heterocycles. The van der Waals surface area contributed by atoms with Crippen molar-refractivity contribution in [3.05, 3.63) is 98.6 Å². The van der Waals surface area contributed by atoms with Gasteiger partial charge in [0.05, 0.1) is 30.0 Å². The van der Waals surface area contributed by atoms with Gasteiger partial charge in [-0.25, -0.2) is 0 Å². The Hall–Kier alpha value is -4.84. The average molecular weight is 493 g/mol. The number of carbonyl (C=O) groups is 2. The molecule has 0 aromatic heterocycles. The first-order valence-electron chi connectivity index (χ1n) is 10.7. The molecule has 0 saturated carbocycles. The summed E-state index contributed by atoms with van der Waals surface area (Å²) in [4.78, 5) is 47.5. The minimum atomic E-state index is -0.537. The van der Waals surface area contributed by atoms with Crippen LogP contribution in [0.25, 0.3) is 0 Å². The topological polar surface area (TPSA) is 157 Å². The van der Waals surface area contributed by atoms with Gasteiger partial charge in [-0.05, 0) is 42.0 Å². The molecule has 0 spiro atoms. The molecule has 3 rings (SSSR count). The lowest BCUT2D eigenvalue weighted by molar-refractivity contribution is -0.385. The van der Waals surface area contributed by atoms with Crippen LogP contribution in [0.15, 0.2) is 72.8 Å². The predicted octanol–water partition coefficient (Wildman–Crippen LogP) is 3.59. The Morgan fingerprint density at radius 3 is 1.69 bits per heavy atom. The molecular formula is C24H23N5O7. The molecule has 0 radical (unpaired) electrons. The second-order valence-electron chi connectivity index (χ2n) is 7.70. The van der Waals surface area contributed by atoms with Gasteiger partial charge in [-0.1, -0.05) is 12.1 Å². The first kappa shape index (κ1) is 25.8. The Bertz CT molecular complexity index is 1170. The molecular weight excluding hydrogens is 470 g/mol. The highest BCUT2D eigenvalue weighted by Crippen LogP contribution is 2.18. The maximum atomic E-state index is 12.7. The number of hydrogen-bond acceptors (Lipinski definition) is 8. The monoisotopic (exact) mass is 493 g/mol. The quantitative estimate of drug-likeness (QED) is 0.303. The normalized spacial score (nSPS) is 10.5. The molecule has 0 atom stereocenters. The number of nitrogens with zero attached hydrogens (tertiary/aromatic N) is 3. The van der Waals surface area contributed by atoms with Gasteiger partial charge in [0, 0.05) is 42.2 Å². The Morgan fingerprint density at radius 1 is 0.806 bits per heavy atom. The van der Waals surface area contributed by atoms with E-state index in [0.717, 1.165) is 5.56 Å². The van der Waals surface area contributed by atoms with Crippen LogP contribution in [-0.2, 0) is 16.1 Å². The van der Waals surface area contributed by atoms with Gasteiger partial charge in [0.25, 0.3) is 11.4 Å². The van der Waals surface area contributed by atoms with Crippen molar-refractivity contribution in [2.24, 2.45) is 0 Å². The molecule has 0 unspecified atom stereocenters. The predicted molar refractivity (Wildman–Crippen MR) is 132 cm³/mol. The molecule has 36 heavy (non-hydrogen) atoms. The van der Waals surface area contributed by atoms with Crippen molar-refractivity contribution >= 4 is 34.6 Å². The lowest BCUT2D eigenvalue weighted by atomic mass is 10.2. The molecule has 186 valence electrons. The number of methoxy groups -OCH3 is 1. The lowest BCUT2D eigenvalue weighted by Crippen LogP contribution is -2.38. The van der Waals surface area contributed by atoms with Crippen LogP contribution in [0.5, 0.6) is 5.75 Å². The molecule has 0 aliphatic rings. The number of nitro benzene ring substituents is 2. The number of anilines is 2. The van der Waals surface area contributed by atoms with Crippen molar-refractivity contribution in [1.29, 1.82) is 0 Å². The van der Waals surface area contributed by atoms with Crippen LogP contribution in [0.3, 0.4) is 0 Å². The Labute approximate surface area is 205 Å². The maximum absolute atomic E-state index is 12.7. The fourth-order valence-electron chi connectivity index (χ4n) is 3.34. The van der Waals surface area contributed by atoms with Crippen LogP contribution in [0.2, 0.25) is 0 Å². The number of non-ortho nitro benzene ring substituents is 2. The molecule has 12 heteroatoms. The Morgan fingerprint density at radius 2 is 1.28 bits per heavy atom. The SMILES string of the molecule is COc1cccc(CN(CC(=O)Nc2ccc([N+](=O)[O-])cc2)CC(=O)Nc2ccc([N+](=O)[O-])cc2)c1. The molecule has 2 N–H and O–H groups in total. The highest BCUT2D eigenvalue weighted by molar-refractivity contribution is 5.94. The van der Waals surface area contributed by atoms with Gasteiger partial charge in [0.1, 0.15) is 5.75 Å². The third-order valence-corrected chi connectivity index (χ3v) is 5.00. The molecule has 0 fully saturated rings. The highest BCUT2D eigenvalue weighted by Gasteiger charge is 2.17. The number of hydrogen-bond donors (Lipinski definition) is 2. The first-order valence-corrected chi connectivity index (χ1v) is 10.7. The van der Waals surface area contributed by atoms with Crippen LogP contribution < -0.4 is 15.4 Å². The fourth-order valence-corrected chi connectivity index (χ4v) is 3.34. The van der Waals surface area contributed by atoms with Gasteiger partial charge >= 0.3 is 0 Å². The number of nitro groups is 2. The molecule has 0 saturated heterocycles. The van der Waals surface area contributed by atoms with Crippen LogP contribution >= 0.6 is 0 Å². The van der Waals surface area contributed by atoms with Crippen LogP contribution in [0, 0.1) is 20.2 Å². The zero-order valence-corrected chi connectivity index (χ0v) is 19.2. The number of nitrogens with one attached hydrogen (secondary N) is 2. The van der Waals surface area contributed by atoms with Gasteiger partial charge in [-0.2, -0.15) is 0 Å². The second-order valence-corrected chi connectivity index (χ2v) is 7.70. The number of carbonyl (C=O) groups excluding carboxylic acids is 2. The zero-order chi connectivity index (χ0) is 26.1. The third-order valence-electron chi connectivity index (χ3n) is 5.00. The highest BCUT2D eigenvalue weighted by atomic mass is 16.6. The summed E-state index contributed by atoms with van der Waals surface area (Å²) in [5.41, 5.74) is 1.36. The van der Waals surface area contributed by atoms with Crippen molar-refractivity contribution in [3.8, 4) is 5.75 Å². The van der Waals surface area contributed by atoms with E-state index < -0.39 is 21.7 Å². The van der Waals surface area contributed by atoms with Gasteiger partial charge in [0.2, 0.25) is 11.8 Å². The van der Waals surface area contributed by atoms with E-state index in [1.807, 2.05) is 6.07 Å². The van der Waals surface area contributed by atoms with Gasteiger partial charge < -0.3 is 15.4 Å². The Kier molecular flexibility index (Phi) is 8.62. The molecule has 3 aromatic rings. The summed E-state index contributed by atoms with van der Waals surface area (Å²) in [7, 11) is 1.53. The minimum absolute atomic E-state index is 0.101. The van der Waals surface area contributed by atoms with Crippen molar-refractivity contribution in [3.63, 3.8) is 0 Å². The summed E-state index contributed by atoms with van der Waals surface area (Å²) in [5, 5.41) is 27.0. The molecule has 0 aliphatic carbocycles. The smallest absolute Gasteiger partial charge is 0.269 e. The fraction of sp³-hybridized carbons (Fsp3) is 0.167. The third kappa shape index (κ3) is 7.60. The van der Waals surface area contributed by atoms with Crippen molar-refractivity contribution in [2.75, 3.05) is 30.8 Å². The van der Waals surface area contributed by atoms with Crippen LogP contribution in [0.4, 0.5) is 22.7 Å². The molecule has 0 aliphatic heterocycles. The van der Waals surface area contributed by atoms with Crippen molar-refractivity contribution in [2.45, 2.75) is 6.54 Å². The summed E-state index contributed by atoms with van der Waals surface area (Å²) in [6, 6.07) is 18.0. The number of rotatable bonds is 11. The lowest BCUT2D eigenvalue weighted by Gasteiger charge is -2.22. The van der Waals surface area contributed by atoms with Gasteiger partial charge in [0.15, 0.2) is 0 Å². The van der Waals surface area contributed by atoms with Gasteiger partial charge in [-0.3, -0.25) is 34.7 Å². The van der Waals surface area contributed by atoms with E-state index in [2.05, 4.69) is 10.6 Å². The molecule has 3 aromatic carbocycles. The summed E-state index contributed by atoms with van der Waals surface area (Å²) >= 11 is 0. The van der Waals surface area contributed by atoms with Crippen molar-refractivity contribution < 1.29 is 24.2 Å². The van der Waals surface area contributed by atoms with Crippen LogP contribution in [0.1, 0.15) is 5.56 Å². The average Bonchev–Trinajstić information content (AvgIpc) is 2.84. The van der Waals surface area contributed by atoms with E-state index in [1.54, 1.807) is 23.1 Å². The maximum Gasteiger partial charge on any atom is 0.269 e. The van der Waals surface area contributed by atoms with E-state index in [9.17, 15) is 29.8 Å².